The lowest BCUT2D eigenvalue weighted by Gasteiger charge is -2.11. The van der Waals surface area contributed by atoms with Crippen LogP contribution >= 0.6 is 0 Å². The second-order valence-corrected chi connectivity index (χ2v) is 9.17. The first-order chi connectivity index (χ1) is 20.0. The van der Waals surface area contributed by atoms with E-state index in [2.05, 4.69) is 27.6 Å². The molecule has 0 fully saturated rings. The fourth-order valence-corrected chi connectivity index (χ4v) is 4.43. The van der Waals surface area contributed by atoms with Crippen LogP contribution in [0.1, 0.15) is 22.3 Å². The van der Waals surface area contributed by atoms with Gasteiger partial charge in [0.2, 0.25) is 0 Å². The average Bonchev–Trinajstić information content (AvgIpc) is 3.31. The van der Waals surface area contributed by atoms with Crippen LogP contribution in [0.4, 0.5) is 36.8 Å². The highest BCUT2D eigenvalue weighted by Crippen LogP contribution is 2.38. The third-order valence-electron chi connectivity index (χ3n) is 6.32. The van der Waals surface area contributed by atoms with Crippen molar-refractivity contribution in [2.75, 3.05) is 12.4 Å². The minimum atomic E-state index is -4.74. The summed E-state index contributed by atoms with van der Waals surface area (Å²) in [5.74, 6) is 2.45. The Hall–Kier alpha value is -5.24. The van der Waals surface area contributed by atoms with E-state index >= 15 is 0 Å². The second-order valence-electron chi connectivity index (χ2n) is 9.17. The summed E-state index contributed by atoms with van der Waals surface area (Å²) in [7, 11) is 1.48. The number of anilines is 1. The summed E-state index contributed by atoms with van der Waals surface area (Å²) >= 11 is 0. The molecule has 0 radical (unpaired) electrons. The summed E-state index contributed by atoms with van der Waals surface area (Å²) in [5.41, 5.74) is 0.180. The van der Waals surface area contributed by atoms with Crippen LogP contribution in [-0.2, 0) is 12.7 Å². The molecule has 0 unspecified atom stereocenters. The van der Waals surface area contributed by atoms with E-state index in [0.717, 1.165) is 10.7 Å². The molecule has 5 rings (SSSR count). The SMILES string of the molecule is CNC(=O)Nc1cccc(C#Cc2cccc(-c3c4cccc(C(F)(F)F)c4nn3Cc3c(F)cc(F)cc3F)c2)c1. The molecular formula is C31H20F6N4O. The molecule has 5 nitrogen and oxygen atoms in total. The van der Waals surface area contributed by atoms with Gasteiger partial charge in [-0.05, 0) is 36.4 Å². The number of halogens is 6. The first-order valence-corrected chi connectivity index (χ1v) is 12.4. The van der Waals surface area contributed by atoms with E-state index in [1.54, 1.807) is 48.5 Å². The standard InChI is InChI=1S/C31H20F6N4O/c1-38-30(42)39-22-8-3-6-19(14-22)12-11-18-5-2-7-20(13-18)29-23-9-4-10-25(31(35,36)37)28(23)40-41(29)17-24-26(33)15-21(32)16-27(24)34/h2-10,13-16H,17H2,1H3,(H2,38,39,42). The number of amides is 2. The average molecular weight is 579 g/mol. The molecule has 2 amide bonds. The molecule has 1 aromatic heterocycles. The highest BCUT2D eigenvalue weighted by molar-refractivity contribution is 5.95. The predicted octanol–water partition coefficient (Wildman–Crippen LogP) is 7.34. The maximum Gasteiger partial charge on any atom is 0.418 e. The molecule has 0 aliphatic heterocycles. The number of hydrogen-bond acceptors (Lipinski definition) is 2. The van der Waals surface area contributed by atoms with Crippen LogP contribution in [0.3, 0.4) is 0 Å². The number of rotatable bonds is 4. The lowest BCUT2D eigenvalue weighted by molar-refractivity contribution is -0.136. The number of carbonyl (C=O) groups is 1. The lowest BCUT2D eigenvalue weighted by atomic mass is 10.0. The number of urea groups is 1. The number of hydrogen-bond donors (Lipinski definition) is 2. The molecule has 5 aromatic rings. The normalized spacial score (nSPS) is 11.2. The smallest absolute Gasteiger partial charge is 0.341 e. The summed E-state index contributed by atoms with van der Waals surface area (Å²) in [6, 6.07) is 17.5. The first kappa shape index (κ1) is 28.3. The van der Waals surface area contributed by atoms with E-state index in [1.807, 2.05) is 0 Å². The zero-order valence-electron chi connectivity index (χ0n) is 21.8. The predicted molar refractivity (Wildman–Crippen MR) is 146 cm³/mol. The van der Waals surface area contributed by atoms with Gasteiger partial charge in [0, 0.05) is 52.5 Å². The molecule has 0 atom stereocenters. The van der Waals surface area contributed by atoms with Crippen LogP contribution in [0.5, 0.6) is 0 Å². The number of nitrogens with zero attached hydrogens (tertiary/aromatic N) is 2. The lowest BCUT2D eigenvalue weighted by Crippen LogP contribution is -2.24. The van der Waals surface area contributed by atoms with Gasteiger partial charge in [-0.25, -0.2) is 18.0 Å². The highest BCUT2D eigenvalue weighted by atomic mass is 19.4. The highest BCUT2D eigenvalue weighted by Gasteiger charge is 2.34. The number of benzene rings is 4. The van der Waals surface area contributed by atoms with Gasteiger partial charge in [-0.3, -0.25) is 4.68 Å². The van der Waals surface area contributed by atoms with Gasteiger partial charge in [-0.15, -0.1) is 0 Å². The topological polar surface area (TPSA) is 59.0 Å². The van der Waals surface area contributed by atoms with E-state index in [4.69, 9.17) is 0 Å². The van der Waals surface area contributed by atoms with Gasteiger partial charge in [0.1, 0.15) is 23.0 Å². The molecule has 0 aliphatic carbocycles. The maximum absolute atomic E-state index is 14.6. The minimum absolute atomic E-state index is 0.103. The van der Waals surface area contributed by atoms with Crippen LogP contribution in [0, 0.1) is 29.3 Å². The van der Waals surface area contributed by atoms with Gasteiger partial charge in [-0.1, -0.05) is 42.2 Å². The minimum Gasteiger partial charge on any atom is -0.341 e. The van der Waals surface area contributed by atoms with Crippen molar-refractivity contribution in [2.24, 2.45) is 0 Å². The third-order valence-corrected chi connectivity index (χ3v) is 6.32. The van der Waals surface area contributed by atoms with Crippen LogP contribution in [0.25, 0.3) is 22.2 Å². The molecule has 2 N–H and O–H groups in total. The Labute approximate surface area is 235 Å². The van der Waals surface area contributed by atoms with E-state index < -0.39 is 52.8 Å². The number of fused-ring (bicyclic) bond motifs is 1. The van der Waals surface area contributed by atoms with E-state index in [-0.39, 0.29) is 11.1 Å². The third kappa shape index (κ3) is 5.93. The largest absolute Gasteiger partial charge is 0.418 e. The fourth-order valence-electron chi connectivity index (χ4n) is 4.43. The summed E-state index contributed by atoms with van der Waals surface area (Å²) in [6.45, 7) is -0.597. The molecule has 42 heavy (non-hydrogen) atoms. The molecule has 212 valence electrons. The van der Waals surface area contributed by atoms with Gasteiger partial charge in [-0.2, -0.15) is 18.3 Å². The van der Waals surface area contributed by atoms with Gasteiger partial charge >= 0.3 is 12.2 Å². The number of alkyl halides is 3. The van der Waals surface area contributed by atoms with E-state index in [9.17, 15) is 31.1 Å². The van der Waals surface area contributed by atoms with Crippen LogP contribution in [0.15, 0.2) is 78.9 Å². The zero-order valence-corrected chi connectivity index (χ0v) is 21.8. The van der Waals surface area contributed by atoms with Crippen LogP contribution < -0.4 is 10.6 Å². The van der Waals surface area contributed by atoms with Crippen molar-refractivity contribution in [1.82, 2.24) is 15.1 Å². The van der Waals surface area contributed by atoms with Crippen molar-refractivity contribution in [3.63, 3.8) is 0 Å². The Morgan fingerprint density at radius 2 is 1.52 bits per heavy atom. The Bertz CT molecular complexity index is 1860. The summed E-state index contributed by atoms with van der Waals surface area (Å²) in [6.07, 6.45) is -4.74. The van der Waals surface area contributed by atoms with Crippen molar-refractivity contribution in [3.05, 3.63) is 119 Å². The van der Waals surface area contributed by atoms with Crippen molar-refractivity contribution in [2.45, 2.75) is 12.7 Å². The van der Waals surface area contributed by atoms with Crippen LogP contribution in [-0.4, -0.2) is 22.9 Å². The number of carbonyl (C=O) groups excluding carboxylic acids is 1. The summed E-state index contributed by atoms with van der Waals surface area (Å²) in [5, 5.41) is 9.31. The van der Waals surface area contributed by atoms with Crippen LogP contribution in [0.2, 0.25) is 0 Å². The number of aromatic nitrogens is 2. The van der Waals surface area contributed by atoms with Gasteiger partial charge in [0.05, 0.1) is 17.8 Å². The molecular weight excluding hydrogens is 558 g/mol. The molecule has 0 spiro atoms. The van der Waals surface area contributed by atoms with Crippen molar-refractivity contribution >= 4 is 22.6 Å². The Morgan fingerprint density at radius 1 is 0.881 bits per heavy atom. The Balaban J connectivity index is 1.61. The zero-order chi connectivity index (χ0) is 30.0. The first-order valence-electron chi connectivity index (χ1n) is 12.4. The number of nitrogens with one attached hydrogen (secondary N) is 2. The molecule has 0 aliphatic rings. The van der Waals surface area contributed by atoms with Crippen molar-refractivity contribution in [1.29, 1.82) is 0 Å². The summed E-state index contributed by atoms with van der Waals surface area (Å²) < 4.78 is 85.2. The Kier molecular flexibility index (Phi) is 7.63. The van der Waals surface area contributed by atoms with Gasteiger partial charge in [0.15, 0.2) is 0 Å². The van der Waals surface area contributed by atoms with Crippen molar-refractivity contribution in [3.8, 4) is 23.1 Å². The van der Waals surface area contributed by atoms with Gasteiger partial charge < -0.3 is 10.6 Å². The second kappa shape index (κ2) is 11.3. The molecule has 0 saturated heterocycles. The maximum atomic E-state index is 14.6. The fraction of sp³-hybridized carbons (Fsp3) is 0.0968. The molecule has 1 heterocycles. The molecule has 11 heteroatoms. The van der Waals surface area contributed by atoms with E-state index in [0.29, 0.717) is 34.5 Å². The molecule has 0 bridgehead atoms. The Morgan fingerprint density at radius 3 is 2.19 bits per heavy atom. The van der Waals surface area contributed by atoms with E-state index in [1.165, 1.54) is 19.2 Å². The quantitative estimate of drug-likeness (QED) is 0.173. The molecule has 0 saturated carbocycles. The monoisotopic (exact) mass is 578 g/mol. The van der Waals surface area contributed by atoms with Gasteiger partial charge in [0.25, 0.3) is 0 Å². The summed E-state index contributed by atoms with van der Waals surface area (Å²) in [4.78, 5) is 11.6. The molecule has 4 aromatic carbocycles. The van der Waals surface area contributed by atoms with Crippen molar-refractivity contribution < 1.29 is 31.1 Å².